The van der Waals surface area contributed by atoms with Crippen LogP contribution < -0.4 is 5.32 Å². The van der Waals surface area contributed by atoms with Gasteiger partial charge < -0.3 is 5.32 Å². The van der Waals surface area contributed by atoms with Gasteiger partial charge in [0.15, 0.2) is 0 Å². The third-order valence-electron chi connectivity index (χ3n) is 2.94. The van der Waals surface area contributed by atoms with Crippen molar-refractivity contribution in [1.82, 2.24) is 10.3 Å². The minimum absolute atomic E-state index is 0.185. The average Bonchev–Trinajstić information content (AvgIpc) is 2.75. The molecule has 0 bridgehead atoms. The van der Waals surface area contributed by atoms with Crippen LogP contribution in [0.3, 0.4) is 0 Å². The molecule has 1 unspecified atom stereocenters. The molecule has 3 nitrogen and oxygen atoms in total. The summed E-state index contributed by atoms with van der Waals surface area (Å²) in [4.78, 5) is 16.9. The van der Waals surface area contributed by atoms with Gasteiger partial charge in [-0.1, -0.05) is 0 Å². The Labute approximate surface area is 86.5 Å². The molecular formula is C10H12N2OS. The molecule has 0 spiro atoms. The molecule has 2 aliphatic rings. The highest BCUT2D eigenvalue weighted by Crippen LogP contribution is 2.44. The van der Waals surface area contributed by atoms with Crippen LogP contribution >= 0.6 is 11.3 Å². The van der Waals surface area contributed by atoms with Crippen LogP contribution in [0.15, 0.2) is 5.51 Å². The van der Waals surface area contributed by atoms with Gasteiger partial charge in [-0.15, -0.1) is 11.3 Å². The van der Waals surface area contributed by atoms with Gasteiger partial charge in [-0.05, 0) is 12.8 Å². The summed E-state index contributed by atoms with van der Waals surface area (Å²) in [6.07, 6.45) is 3.22. The molecule has 3 rings (SSSR count). The van der Waals surface area contributed by atoms with Gasteiger partial charge in [-0.3, -0.25) is 4.79 Å². The van der Waals surface area contributed by atoms with E-state index < -0.39 is 0 Å². The van der Waals surface area contributed by atoms with Gasteiger partial charge in [0.05, 0.1) is 11.2 Å². The summed E-state index contributed by atoms with van der Waals surface area (Å²) in [7, 11) is 0. The number of hydrogen-bond acceptors (Lipinski definition) is 3. The van der Waals surface area contributed by atoms with E-state index in [2.05, 4.69) is 10.3 Å². The Morgan fingerprint density at radius 2 is 2.29 bits per heavy atom. The van der Waals surface area contributed by atoms with E-state index in [0.29, 0.717) is 18.3 Å². The molecular weight excluding hydrogens is 196 g/mol. The standard InChI is InChI=1S/C10H12N2OS/c13-8-3-7(4-11-8)10-9(6-1-2-6)12-5-14-10/h5-7H,1-4H2,(H,11,13). The summed E-state index contributed by atoms with van der Waals surface area (Å²) in [6, 6.07) is 0. The molecule has 1 aliphatic carbocycles. The highest BCUT2D eigenvalue weighted by Gasteiger charge is 2.33. The number of nitrogens with one attached hydrogen (secondary N) is 1. The number of nitrogens with zero attached hydrogens (tertiary/aromatic N) is 1. The number of amides is 1. The van der Waals surface area contributed by atoms with Crippen molar-refractivity contribution in [3.8, 4) is 0 Å². The first kappa shape index (κ1) is 8.41. The second kappa shape index (κ2) is 3.05. The average molecular weight is 208 g/mol. The molecule has 74 valence electrons. The van der Waals surface area contributed by atoms with Gasteiger partial charge in [0.1, 0.15) is 0 Å². The quantitative estimate of drug-likeness (QED) is 0.802. The molecule has 2 fully saturated rings. The van der Waals surface area contributed by atoms with Crippen molar-refractivity contribution in [3.05, 3.63) is 16.1 Å². The lowest BCUT2D eigenvalue weighted by Crippen LogP contribution is -2.13. The molecule has 2 heterocycles. The van der Waals surface area contributed by atoms with Crippen molar-refractivity contribution < 1.29 is 4.79 Å². The van der Waals surface area contributed by atoms with E-state index >= 15 is 0 Å². The molecule has 14 heavy (non-hydrogen) atoms. The van der Waals surface area contributed by atoms with Crippen molar-refractivity contribution in [1.29, 1.82) is 0 Å². The highest BCUT2D eigenvalue weighted by molar-refractivity contribution is 7.09. The van der Waals surface area contributed by atoms with Crippen molar-refractivity contribution >= 4 is 17.2 Å². The maximum absolute atomic E-state index is 11.1. The normalized spacial score (nSPS) is 26.6. The molecule has 0 aromatic carbocycles. The number of carbonyl (C=O) groups is 1. The topological polar surface area (TPSA) is 42.0 Å². The van der Waals surface area contributed by atoms with Crippen LogP contribution in [-0.2, 0) is 4.79 Å². The van der Waals surface area contributed by atoms with E-state index in [1.54, 1.807) is 11.3 Å². The summed E-state index contributed by atoms with van der Waals surface area (Å²) in [5.41, 5.74) is 3.20. The number of aromatic nitrogens is 1. The smallest absolute Gasteiger partial charge is 0.220 e. The van der Waals surface area contributed by atoms with Gasteiger partial charge in [-0.2, -0.15) is 0 Å². The Kier molecular flexibility index (Phi) is 1.83. The zero-order valence-corrected chi connectivity index (χ0v) is 8.64. The molecule has 1 amide bonds. The first-order chi connectivity index (χ1) is 6.84. The Balaban J connectivity index is 1.87. The first-order valence-electron chi connectivity index (χ1n) is 5.04. The minimum Gasteiger partial charge on any atom is -0.355 e. The van der Waals surface area contributed by atoms with Crippen LogP contribution in [0.1, 0.15) is 41.7 Å². The van der Waals surface area contributed by atoms with Crippen LogP contribution in [0.2, 0.25) is 0 Å². The van der Waals surface area contributed by atoms with Crippen molar-refractivity contribution in [3.63, 3.8) is 0 Å². The Morgan fingerprint density at radius 3 is 2.93 bits per heavy atom. The summed E-state index contributed by atoms with van der Waals surface area (Å²) in [5, 5.41) is 2.88. The summed E-state index contributed by atoms with van der Waals surface area (Å²) >= 11 is 1.71. The van der Waals surface area contributed by atoms with Gasteiger partial charge in [0.2, 0.25) is 5.91 Å². The van der Waals surface area contributed by atoms with E-state index in [1.165, 1.54) is 23.4 Å². The van der Waals surface area contributed by atoms with E-state index in [-0.39, 0.29) is 5.91 Å². The SMILES string of the molecule is O=C1CC(c2scnc2C2CC2)CN1. The second-order valence-electron chi connectivity index (χ2n) is 4.08. The number of rotatable bonds is 2. The van der Waals surface area contributed by atoms with Gasteiger partial charge in [0, 0.05) is 29.7 Å². The number of hydrogen-bond donors (Lipinski definition) is 1. The first-order valence-corrected chi connectivity index (χ1v) is 5.92. The summed E-state index contributed by atoms with van der Waals surface area (Å²) < 4.78 is 0. The van der Waals surface area contributed by atoms with E-state index in [1.807, 2.05) is 5.51 Å². The van der Waals surface area contributed by atoms with E-state index in [9.17, 15) is 4.79 Å². The fraction of sp³-hybridized carbons (Fsp3) is 0.600. The fourth-order valence-corrected chi connectivity index (χ4v) is 3.00. The fourth-order valence-electron chi connectivity index (χ4n) is 2.02. The predicted molar refractivity (Wildman–Crippen MR) is 54.5 cm³/mol. The molecule has 1 saturated heterocycles. The molecule has 1 atom stereocenters. The van der Waals surface area contributed by atoms with Gasteiger partial charge in [0.25, 0.3) is 0 Å². The maximum Gasteiger partial charge on any atom is 0.220 e. The van der Waals surface area contributed by atoms with Gasteiger partial charge in [-0.25, -0.2) is 4.98 Å². The van der Waals surface area contributed by atoms with Crippen LogP contribution in [0.25, 0.3) is 0 Å². The third-order valence-corrected chi connectivity index (χ3v) is 3.94. The molecule has 1 N–H and O–H groups in total. The van der Waals surface area contributed by atoms with Crippen LogP contribution in [-0.4, -0.2) is 17.4 Å². The highest BCUT2D eigenvalue weighted by atomic mass is 32.1. The largest absolute Gasteiger partial charge is 0.355 e. The molecule has 1 saturated carbocycles. The second-order valence-corrected chi connectivity index (χ2v) is 4.97. The monoisotopic (exact) mass is 208 g/mol. The third kappa shape index (κ3) is 1.34. The lowest BCUT2D eigenvalue weighted by molar-refractivity contribution is -0.119. The Bertz CT molecular complexity index is 370. The lowest BCUT2D eigenvalue weighted by atomic mass is 10.0. The number of carbonyl (C=O) groups excluding carboxylic acids is 1. The van der Waals surface area contributed by atoms with E-state index in [4.69, 9.17) is 0 Å². The van der Waals surface area contributed by atoms with Crippen molar-refractivity contribution in [2.24, 2.45) is 0 Å². The predicted octanol–water partition coefficient (Wildman–Crippen LogP) is 1.62. The minimum atomic E-state index is 0.185. The Morgan fingerprint density at radius 1 is 1.43 bits per heavy atom. The van der Waals surface area contributed by atoms with Gasteiger partial charge >= 0.3 is 0 Å². The van der Waals surface area contributed by atoms with Crippen LogP contribution in [0.4, 0.5) is 0 Å². The Hall–Kier alpha value is -0.900. The molecule has 0 radical (unpaired) electrons. The molecule has 1 aromatic rings. The summed E-state index contributed by atoms with van der Waals surface area (Å²) in [6.45, 7) is 0.806. The number of thiazole rings is 1. The summed E-state index contributed by atoms with van der Waals surface area (Å²) in [5.74, 6) is 1.28. The maximum atomic E-state index is 11.1. The molecule has 4 heteroatoms. The molecule has 1 aromatic heterocycles. The zero-order chi connectivity index (χ0) is 9.54. The van der Waals surface area contributed by atoms with Crippen LogP contribution in [0, 0.1) is 0 Å². The van der Waals surface area contributed by atoms with E-state index in [0.717, 1.165) is 6.54 Å². The van der Waals surface area contributed by atoms with Crippen molar-refractivity contribution in [2.75, 3.05) is 6.54 Å². The van der Waals surface area contributed by atoms with Crippen LogP contribution in [0.5, 0.6) is 0 Å². The zero-order valence-electron chi connectivity index (χ0n) is 7.82. The van der Waals surface area contributed by atoms with Crippen molar-refractivity contribution in [2.45, 2.75) is 31.1 Å². The molecule has 1 aliphatic heterocycles. The lowest BCUT2D eigenvalue weighted by Gasteiger charge is -2.05.